The van der Waals surface area contributed by atoms with Gasteiger partial charge in [-0.15, -0.1) is 0 Å². The monoisotopic (exact) mass is 304 g/mol. The highest BCUT2D eigenvalue weighted by atomic mass is 16.4. The molecule has 0 bridgehead atoms. The number of hydrogen-bond donors (Lipinski definition) is 1. The van der Waals surface area contributed by atoms with Crippen molar-refractivity contribution in [3.05, 3.63) is 35.4 Å². The summed E-state index contributed by atoms with van der Waals surface area (Å²) in [7, 11) is 0. The SMILES string of the molecule is CC(C)N(C(=O)[C@@H]1Cc2ccccc2CN1C(=O)O)C(C)C. The van der Waals surface area contributed by atoms with E-state index in [9.17, 15) is 14.7 Å². The summed E-state index contributed by atoms with van der Waals surface area (Å²) in [5.74, 6) is -0.109. The molecule has 1 aromatic carbocycles. The predicted octanol–water partition coefficient (Wildman–Crippen LogP) is 2.74. The van der Waals surface area contributed by atoms with E-state index < -0.39 is 12.1 Å². The topological polar surface area (TPSA) is 60.9 Å². The lowest BCUT2D eigenvalue weighted by atomic mass is 9.93. The molecule has 120 valence electrons. The molecule has 22 heavy (non-hydrogen) atoms. The van der Waals surface area contributed by atoms with Gasteiger partial charge < -0.3 is 10.0 Å². The summed E-state index contributed by atoms with van der Waals surface area (Å²) in [6.07, 6.45) is -0.600. The van der Waals surface area contributed by atoms with Crippen LogP contribution < -0.4 is 0 Å². The lowest BCUT2D eigenvalue weighted by Crippen LogP contribution is -2.56. The average molecular weight is 304 g/mol. The van der Waals surface area contributed by atoms with Crippen LogP contribution >= 0.6 is 0 Å². The van der Waals surface area contributed by atoms with Gasteiger partial charge in [0.25, 0.3) is 0 Å². The first-order chi connectivity index (χ1) is 10.3. The summed E-state index contributed by atoms with van der Waals surface area (Å²) in [6.45, 7) is 8.10. The molecule has 1 heterocycles. The first-order valence-electron chi connectivity index (χ1n) is 7.71. The van der Waals surface area contributed by atoms with Gasteiger partial charge in [-0.05, 0) is 38.8 Å². The van der Waals surface area contributed by atoms with E-state index in [1.54, 1.807) is 4.90 Å². The summed E-state index contributed by atoms with van der Waals surface area (Å²) in [5, 5.41) is 9.50. The summed E-state index contributed by atoms with van der Waals surface area (Å²) in [5.41, 5.74) is 2.04. The fraction of sp³-hybridized carbons (Fsp3) is 0.529. The molecule has 0 fully saturated rings. The molecular formula is C17H24N2O3. The Kier molecular flexibility index (Phi) is 4.74. The third-order valence-corrected chi connectivity index (χ3v) is 4.15. The lowest BCUT2D eigenvalue weighted by Gasteiger charge is -2.40. The van der Waals surface area contributed by atoms with E-state index in [0.717, 1.165) is 11.1 Å². The zero-order chi connectivity index (χ0) is 16.4. The number of hydrogen-bond acceptors (Lipinski definition) is 2. The van der Waals surface area contributed by atoms with Gasteiger partial charge in [0.05, 0.1) is 6.54 Å². The van der Waals surface area contributed by atoms with Crippen LogP contribution in [0.2, 0.25) is 0 Å². The van der Waals surface area contributed by atoms with Crippen molar-refractivity contribution in [2.75, 3.05) is 0 Å². The molecule has 1 N–H and O–H groups in total. The van der Waals surface area contributed by atoms with E-state index in [4.69, 9.17) is 0 Å². The van der Waals surface area contributed by atoms with Gasteiger partial charge in [0, 0.05) is 18.5 Å². The molecule has 0 saturated heterocycles. The largest absolute Gasteiger partial charge is 0.465 e. The summed E-state index contributed by atoms with van der Waals surface area (Å²) in [6, 6.07) is 7.17. The Morgan fingerprint density at radius 3 is 2.18 bits per heavy atom. The highest BCUT2D eigenvalue weighted by molar-refractivity contribution is 5.86. The molecule has 0 spiro atoms. The molecule has 0 radical (unpaired) electrons. The standard InChI is InChI=1S/C17H24N2O3/c1-11(2)19(12(3)4)16(20)15-9-13-7-5-6-8-14(13)10-18(15)17(21)22/h5-8,11-12,15H,9-10H2,1-4H3,(H,21,22)/t15-/m0/s1. The van der Waals surface area contributed by atoms with Gasteiger partial charge in [-0.3, -0.25) is 9.69 Å². The molecule has 2 amide bonds. The van der Waals surface area contributed by atoms with Crippen LogP contribution in [-0.2, 0) is 17.8 Å². The summed E-state index contributed by atoms with van der Waals surface area (Å²) >= 11 is 0. The zero-order valence-corrected chi connectivity index (χ0v) is 13.6. The van der Waals surface area contributed by atoms with Crippen LogP contribution in [0.3, 0.4) is 0 Å². The van der Waals surface area contributed by atoms with Gasteiger partial charge in [0.15, 0.2) is 0 Å². The van der Waals surface area contributed by atoms with Crippen LogP contribution in [0, 0.1) is 0 Å². The molecule has 0 unspecified atom stereocenters. The van der Waals surface area contributed by atoms with Crippen molar-refractivity contribution in [1.29, 1.82) is 0 Å². The van der Waals surface area contributed by atoms with Crippen LogP contribution in [0.25, 0.3) is 0 Å². The Balaban J connectivity index is 2.35. The van der Waals surface area contributed by atoms with Crippen molar-refractivity contribution < 1.29 is 14.7 Å². The second-order valence-electron chi connectivity index (χ2n) is 6.33. The van der Waals surface area contributed by atoms with E-state index in [-0.39, 0.29) is 24.5 Å². The first kappa shape index (κ1) is 16.3. The van der Waals surface area contributed by atoms with Crippen molar-refractivity contribution >= 4 is 12.0 Å². The molecule has 2 rings (SSSR count). The Bertz CT molecular complexity index is 561. The molecule has 0 saturated carbocycles. The van der Waals surface area contributed by atoms with Crippen LogP contribution in [-0.4, -0.2) is 45.0 Å². The third-order valence-electron chi connectivity index (χ3n) is 4.15. The number of amides is 2. The number of nitrogens with zero attached hydrogens (tertiary/aromatic N) is 2. The second-order valence-corrected chi connectivity index (χ2v) is 6.33. The maximum atomic E-state index is 12.9. The molecule has 0 aliphatic carbocycles. The molecule has 5 heteroatoms. The first-order valence-corrected chi connectivity index (χ1v) is 7.71. The Morgan fingerprint density at radius 1 is 1.14 bits per heavy atom. The van der Waals surface area contributed by atoms with Crippen molar-refractivity contribution in [2.24, 2.45) is 0 Å². The molecule has 0 aromatic heterocycles. The van der Waals surface area contributed by atoms with E-state index in [1.165, 1.54) is 4.90 Å². The van der Waals surface area contributed by atoms with E-state index in [1.807, 2.05) is 52.0 Å². The Morgan fingerprint density at radius 2 is 1.68 bits per heavy atom. The minimum absolute atomic E-state index is 0.0420. The number of carboxylic acid groups (broad SMARTS) is 1. The fourth-order valence-corrected chi connectivity index (χ4v) is 3.22. The van der Waals surface area contributed by atoms with E-state index in [2.05, 4.69) is 0 Å². The highest BCUT2D eigenvalue weighted by Crippen LogP contribution is 2.25. The van der Waals surface area contributed by atoms with E-state index >= 15 is 0 Å². The lowest BCUT2D eigenvalue weighted by molar-refractivity contribution is -0.140. The quantitative estimate of drug-likeness (QED) is 0.934. The van der Waals surface area contributed by atoms with Gasteiger partial charge in [-0.25, -0.2) is 4.79 Å². The predicted molar refractivity (Wildman–Crippen MR) is 84.6 cm³/mol. The Labute approximate surface area is 131 Å². The molecule has 1 atom stereocenters. The third kappa shape index (κ3) is 3.08. The highest BCUT2D eigenvalue weighted by Gasteiger charge is 2.38. The van der Waals surface area contributed by atoms with Crippen molar-refractivity contribution in [3.8, 4) is 0 Å². The molecule has 5 nitrogen and oxygen atoms in total. The zero-order valence-electron chi connectivity index (χ0n) is 13.6. The van der Waals surface area contributed by atoms with Gasteiger partial charge in [0.2, 0.25) is 5.91 Å². The number of carbonyl (C=O) groups excluding carboxylic acids is 1. The smallest absolute Gasteiger partial charge is 0.408 e. The molecule has 1 aliphatic heterocycles. The maximum Gasteiger partial charge on any atom is 0.408 e. The van der Waals surface area contributed by atoms with Gasteiger partial charge in [0.1, 0.15) is 6.04 Å². The number of carbonyl (C=O) groups is 2. The minimum atomic E-state index is -1.04. The van der Waals surface area contributed by atoms with Crippen molar-refractivity contribution in [3.63, 3.8) is 0 Å². The Hall–Kier alpha value is -2.04. The van der Waals surface area contributed by atoms with Crippen molar-refractivity contribution in [1.82, 2.24) is 9.80 Å². The van der Waals surface area contributed by atoms with Gasteiger partial charge >= 0.3 is 6.09 Å². The summed E-state index contributed by atoms with van der Waals surface area (Å²) in [4.78, 5) is 27.6. The van der Waals surface area contributed by atoms with Crippen LogP contribution in [0.4, 0.5) is 4.79 Å². The number of fused-ring (bicyclic) bond motifs is 1. The number of benzene rings is 1. The summed E-state index contributed by atoms with van der Waals surface area (Å²) < 4.78 is 0. The van der Waals surface area contributed by atoms with Crippen LogP contribution in [0.5, 0.6) is 0 Å². The van der Waals surface area contributed by atoms with E-state index in [0.29, 0.717) is 6.42 Å². The normalized spacial score (nSPS) is 17.5. The minimum Gasteiger partial charge on any atom is -0.465 e. The maximum absolute atomic E-state index is 12.9. The van der Waals surface area contributed by atoms with Crippen LogP contribution in [0.15, 0.2) is 24.3 Å². The van der Waals surface area contributed by atoms with Gasteiger partial charge in [-0.1, -0.05) is 24.3 Å². The number of rotatable bonds is 3. The second kappa shape index (κ2) is 6.38. The molecule has 1 aliphatic rings. The molecular weight excluding hydrogens is 280 g/mol. The molecule has 1 aromatic rings. The van der Waals surface area contributed by atoms with Crippen LogP contribution in [0.1, 0.15) is 38.8 Å². The van der Waals surface area contributed by atoms with Crippen molar-refractivity contribution in [2.45, 2.75) is 58.8 Å². The van der Waals surface area contributed by atoms with Gasteiger partial charge in [-0.2, -0.15) is 0 Å². The average Bonchev–Trinajstić information content (AvgIpc) is 2.44. The fourth-order valence-electron chi connectivity index (χ4n) is 3.22.